The van der Waals surface area contributed by atoms with Crippen LogP contribution in [-0.2, 0) is 0 Å². The molecule has 2 N–H and O–H groups in total. The third-order valence-electron chi connectivity index (χ3n) is 7.05. The van der Waals surface area contributed by atoms with Crippen molar-refractivity contribution in [3.63, 3.8) is 0 Å². The number of carbonyl (C=O) groups excluding carboxylic acids is 1. The van der Waals surface area contributed by atoms with Crippen molar-refractivity contribution in [2.24, 2.45) is 0 Å². The summed E-state index contributed by atoms with van der Waals surface area (Å²) in [5, 5.41) is 2.89. The van der Waals surface area contributed by atoms with Crippen molar-refractivity contribution in [2.75, 3.05) is 37.6 Å². The minimum Gasteiger partial charge on any atom is -0.365 e. The van der Waals surface area contributed by atoms with Crippen molar-refractivity contribution in [1.29, 1.82) is 0 Å². The van der Waals surface area contributed by atoms with Crippen LogP contribution in [0.1, 0.15) is 48.4 Å². The number of carbonyl (C=O) groups is 1. The van der Waals surface area contributed by atoms with E-state index in [4.69, 9.17) is 0 Å². The molecular formula is C25H28F2N6O2. The van der Waals surface area contributed by atoms with Crippen LogP contribution >= 0.6 is 0 Å². The number of amides is 1. The summed E-state index contributed by atoms with van der Waals surface area (Å²) < 4.78 is 28.1. The highest BCUT2D eigenvalue weighted by molar-refractivity contribution is 5.92. The number of benzene rings is 1. The molecule has 2 aliphatic rings. The van der Waals surface area contributed by atoms with Crippen LogP contribution < -0.4 is 15.8 Å². The molecule has 8 nitrogen and oxygen atoms in total. The summed E-state index contributed by atoms with van der Waals surface area (Å²) in [6.07, 6.45) is 2.79. The van der Waals surface area contributed by atoms with Gasteiger partial charge in [0.1, 0.15) is 17.3 Å². The standard InChI is InChI=1S/C25H28F2N6O2/c1-2-28-25(35)20-7-8-21(22(27)29-20)33-11-9-32(10-12-33)17-5-3-15(13-17)23-30-19-6-4-16(26)14-18(19)24(34)31-23/h4,6-8,14-15,17H,2-3,5,9-13H2,1H3,(H,28,35)(H,30,31,34). The average molecular weight is 483 g/mol. The number of hydrogen-bond acceptors (Lipinski definition) is 6. The average Bonchev–Trinajstić information content (AvgIpc) is 3.35. The summed E-state index contributed by atoms with van der Waals surface area (Å²) in [6.45, 7) is 5.16. The first-order valence-electron chi connectivity index (χ1n) is 12.1. The van der Waals surface area contributed by atoms with Gasteiger partial charge in [-0.3, -0.25) is 14.5 Å². The van der Waals surface area contributed by atoms with E-state index < -0.39 is 11.8 Å². The van der Waals surface area contributed by atoms with Crippen LogP contribution in [0.3, 0.4) is 0 Å². The zero-order chi connectivity index (χ0) is 24.5. The second-order valence-corrected chi connectivity index (χ2v) is 9.17. The van der Waals surface area contributed by atoms with Crippen LogP contribution in [0.5, 0.6) is 0 Å². The highest BCUT2D eigenvalue weighted by Gasteiger charge is 2.33. The molecule has 0 radical (unpaired) electrons. The van der Waals surface area contributed by atoms with Gasteiger partial charge in [-0.05, 0) is 56.5 Å². The van der Waals surface area contributed by atoms with Gasteiger partial charge in [0.25, 0.3) is 11.5 Å². The molecule has 1 saturated heterocycles. The normalized spacial score (nSPS) is 20.9. The molecule has 0 bridgehead atoms. The Kier molecular flexibility index (Phi) is 6.46. The number of fused-ring (bicyclic) bond motifs is 1. The lowest BCUT2D eigenvalue weighted by molar-refractivity contribution is 0.0949. The molecule has 0 spiro atoms. The number of rotatable bonds is 5. The molecule has 1 amide bonds. The molecule has 2 aromatic heterocycles. The maximum Gasteiger partial charge on any atom is 0.269 e. The smallest absolute Gasteiger partial charge is 0.269 e. The maximum absolute atomic E-state index is 14.6. The second-order valence-electron chi connectivity index (χ2n) is 9.17. The Labute approximate surface area is 201 Å². The topological polar surface area (TPSA) is 94.2 Å². The third kappa shape index (κ3) is 4.75. The Hall–Kier alpha value is -3.40. The van der Waals surface area contributed by atoms with E-state index in [0.717, 1.165) is 32.4 Å². The monoisotopic (exact) mass is 482 g/mol. The number of pyridine rings is 1. The molecule has 10 heteroatoms. The fraction of sp³-hybridized carbons (Fsp3) is 0.440. The molecule has 1 aromatic carbocycles. The van der Waals surface area contributed by atoms with Crippen molar-refractivity contribution in [3.05, 3.63) is 64.0 Å². The molecule has 2 fully saturated rings. The van der Waals surface area contributed by atoms with Crippen LogP contribution in [-0.4, -0.2) is 64.5 Å². The van der Waals surface area contributed by atoms with Crippen LogP contribution in [0, 0.1) is 11.8 Å². The van der Waals surface area contributed by atoms with E-state index in [-0.39, 0.29) is 28.5 Å². The van der Waals surface area contributed by atoms with E-state index in [1.807, 2.05) is 4.90 Å². The number of aromatic nitrogens is 3. The zero-order valence-corrected chi connectivity index (χ0v) is 19.6. The van der Waals surface area contributed by atoms with Gasteiger partial charge in [-0.25, -0.2) is 14.4 Å². The Balaban J connectivity index is 1.21. The number of halogens is 2. The lowest BCUT2D eigenvalue weighted by Crippen LogP contribution is -2.50. The van der Waals surface area contributed by atoms with Gasteiger partial charge < -0.3 is 15.2 Å². The molecule has 3 aromatic rings. The number of hydrogen-bond donors (Lipinski definition) is 2. The SMILES string of the molecule is CCNC(=O)c1ccc(N2CCN(C3CCC(c4nc5ccc(F)cc5c(=O)[nH]4)C3)CC2)c(F)n1. The number of aromatic amines is 1. The highest BCUT2D eigenvalue weighted by Crippen LogP contribution is 2.36. The minimum absolute atomic E-state index is 0.0780. The molecule has 3 heterocycles. The number of nitrogens with one attached hydrogen (secondary N) is 2. The molecule has 2 unspecified atom stereocenters. The molecule has 184 valence electrons. The minimum atomic E-state index is -0.630. The van der Waals surface area contributed by atoms with Crippen molar-refractivity contribution in [1.82, 2.24) is 25.2 Å². The van der Waals surface area contributed by atoms with E-state index in [9.17, 15) is 18.4 Å². The molecule has 2 atom stereocenters. The molecule has 1 saturated carbocycles. The van der Waals surface area contributed by atoms with Crippen LogP contribution in [0.4, 0.5) is 14.5 Å². The van der Waals surface area contributed by atoms with Gasteiger partial charge in [0.2, 0.25) is 5.95 Å². The summed E-state index contributed by atoms with van der Waals surface area (Å²) in [5.41, 5.74) is 0.692. The first kappa shape index (κ1) is 23.3. The van der Waals surface area contributed by atoms with Crippen molar-refractivity contribution in [2.45, 2.75) is 38.1 Å². The molecule has 35 heavy (non-hydrogen) atoms. The number of nitrogens with zero attached hydrogens (tertiary/aromatic N) is 4. The van der Waals surface area contributed by atoms with Crippen molar-refractivity contribution >= 4 is 22.5 Å². The Morgan fingerprint density at radius 2 is 1.91 bits per heavy atom. The molecule has 5 rings (SSSR count). The van der Waals surface area contributed by atoms with Gasteiger partial charge in [-0.15, -0.1) is 0 Å². The first-order valence-corrected chi connectivity index (χ1v) is 12.1. The van der Waals surface area contributed by atoms with Crippen LogP contribution in [0.25, 0.3) is 10.9 Å². The van der Waals surface area contributed by atoms with Gasteiger partial charge in [0.15, 0.2) is 0 Å². The van der Waals surface area contributed by atoms with Gasteiger partial charge >= 0.3 is 0 Å². The van der Waals surface area contributed by atoms with Crippen LogP contribution in [0.2, 0.25) is 0 Å². The fourth-order valence-corrected chi connectivity index (χ4v) is 5.23. The Morgan fingerprint density at radius 3 is 2.66 bits per heavy atom. The quantitative estimate of drug-likeness (QED) is 0.544. The summed E-state index contributed by atoms with van der Waals surface area (Å²) >= 11 is 0. The predicted molar refractivity (Wildman–Crippen MR) is 129 cm³/mol. The first-order chi connectivity index (χ1) is 16.9. The molecule has 1 aliphatic heterocycles. The zero-order valence-electron chi connectivity index (χ0n) is 19.6. The van der Waals surface area contributed by atoms with E-state index in [2.05, 4.69) is 25.2 Å². The summed E-state index contributed by atoms with van der Waals surface area (Å²) in [7, 11) is 0. The Morgan fingerprint density at radius 1 is 1.11 bits per heavy atom. The lowest BCUT2D eigenvalue weighted by atomic mass is 10.1. The maximum atomic E-state index is 14.6. The van der Waals surface area contributed by atoms with E-state index >= 15 is 0 Å². The second kappa shape index (κ2) is 9.69. The van der Waals surface area contributed by atoms with Crippen molar-refractivity contribution in [3.8, 4) is 0 Å². The highest BCUT2D eigenvalue weighted by atomic mass is 19.1. The molecule has 1 aliphatic carbocycles. The summed E-state index contributed by atoms with van der Waals surface area (Å²) in [4.78, 5) is 40.0. The number of anilines is 1. The van der Waals surface area contributed by atoms with Crippen LogP contribution in [0.15, 0.2) is 35.1 Å². The predicted octanol–water partition coefficient (Wildman–Crippen LogP) is 2.80. The van der Waals surface area contributed by atoms with Gasteiger partial charge in [0.05, 0.1) is 16.6 Å². The largest absolute Gasteiger partial charge is 0.365 e. The van der Waals surface area contributed by atoms with E-state index in [1.54, 1.807) is 25.1 Å². The van der Waals surface area contributed by atoms with E-state index in [0.29, 0.717) is 42.7 Å². The molecular weight excluding hydrogens is 454 g/mol. The summed E-state index contributed by atoms with van der Waals surface area (Å²) in [5.74, 6) is -0.659. The van der Waals surface area contributed by atoms with Gasteiger partial charge in [-0.2, -0.15) is 4.39 Å². The lowest BCUT2D eigenvalue weighted by Gasteiger charge is -2.39. The summed E-state index contributed by atoms with van der Waals surface area (Å²) in [6, 6.07) is 7.63. The number of H-pyrrole nitrogens is 1. The van der Waals surface area contributed by atoms with Gasteiger partial charge in [0, 0.05) is 44.7 Å². The van der Waals surface area contributed by atoms with Crippen molar-refractivity contribution < 1.29 is 13.6 Å². The fourth-order valence-electron chi connectivity index (χ4n) is 5.23. The van der Waals surface area contributed by atoms with E-state index in [1.165, 1.54) is 12.1 Å². The number of piperazine rings is 1. The van der Waals surface area contributed by atoms with Gasteiger partial charge in [-0.1, -0.05) is 0 Å². The Bertz CT molecular complexity index is 1300. The third-order valence-corrected chi connectivity index (χ3v) is 7.05.